The zero-order valence-electron chi connectivity index (χ0n) is 7.88. The fourth-order valence-corrected chi connectivity index (χ4v) is 1.98. The van der Waals surface area contributed by atoms with Gasteiger partial charge in [-0.25, -0.2) is 0 Å². The van der Waals surface area contributed by atoms with E-state index in [1.165, 1.54) is 25.7 Å². The molecule has 1 N–H and O–H groups in total. The standard InChI is InChI=1S/C10H19NO/c1-8-7-12-10(6-11-8)5-9-3-2-4-9/h8-11H,2-7H2,1H3. The van der Waals surface area contributed by atoms with Crippen LogP contribution >= 0.6 is 0 Å². The maximum atomic E-state index is 5.73. The van der Waals surface area contributed by atoms with E-state index in [1.807, 2.05) is 0 Å². The van der Waals surface area contributed by atoms with Crippen LogP contribution in [0.5, 0.6) is 0 Å². The van der Waals surface area contributed by atoms with Crippen molar-refractivity contribution in [1.29, 1.82) is 0 Å². The average Bonchev–Trinajstić information content (AvgIpc) is 2.00. The van der Waals surface area contributed by atoms with Gasteiger partial charge < -0.3 is 10.1 Å². The van der Waals surface area contributed by atoms with Crippen molar-refractivity contribution in [2.75, 3.05) is 13.2 Å². The molecule has 2 rings (SSSR count). The van der Waals surface area contributed by atoms with Crippen LogP contribution in [-0.2, 0) is 4.74 Å². The molecule has 70 valence electrons. The molecule has 1 heterocycles. The first-order chi connectivity index (χ1) is 5.84. The molecule has 0 spiro atoms. The van der Waals surface area contributed by atoms with Crippen molar-refractivity contribution in [3.63, 3.8) is 0 Å². The van der Waals surface area contributed by atoms with E-state index < -0.39 is 0 Å². The van der Waals surface area contributed by atoms with E-state index in [0.29, 0.717) is 12.1 Å². The van der Waals surface area contributed by atoms with Crippen molar-refractivity contribution in [2.45, 2.75) is 44.8 Å². The van der Waals surface area contributed by atoms with Crippen LogP contribution in [0.15, 0.2) is 0 Å². The van der Waals surface area contributed by atoms with Crippen LogP contribution in [0.1, 0.15) is 32.6 Å². The van der Waals surface area contributed by atoms with Gasteiger partial charge in [0.2, 0.25) is 0 Å². The third-order valence-electron chi connectivity index (χ3n) is 3.10. The van der Waals surface area contributed by atoms with Gasteiger partial charge in [-0.05, 0) is 19.3 Å². The van der Waals surface area contributed by atoms with Crippen molar-refractivity contribution in [2.24, 2.45) is 5.92 Å². The third kappa shape index (κ3) is 1.99. The van der Waals surface area contributed by atoms with E-state index in [4.69, 9.17) is 4.74 Å². The van der Waals surface area contributed by atoms with Gasteiger partial charge in [-0.2, -0.15) is 0 Å². The lowest BCUT2D eigenvalue weighted by Crippen LogP contribution is -2.45. The first-order valence-corrected chi connectivity index (χ1v) is 5.19. The van der Waals surface area contributed by atoms with Gasteiger partial charge in [-0.1, -0.05) is 19.3 Å². The summed E-state index contributed by atoms with van der Waals surface area (Å²) in [6.45, 7) is 4.15. The molecule has 12 heavy (non-hydrogen) atoms. The summed E-state index contributed by atoms with van der Waals surface area (Å²) < 4.78 is 5.73. The highest BCUT2D eigenvalue weighted by Crippen LogP contribution is 2.31. The Bertz CT molecular complexity index is 137. The highest BCUT2D eigenvalue weighted by Gasteiger charge is 2.25. The van der Waals surface area contributed by atoms with Gasteiger partial charge in [-0.15, -0.1) is 0 Å². The molecule has 0 amide bonds. The Morgan fingerprint density at radius 2 is 2.25 bits per heavy atom. The molecule has 2 heteroatoms. The molecule has 1 saturated heterocycles. The molecule has 0 aromatic heterocycles. The molecule has 0 bridgehead atoms. The van der Waals surface area contributed by atoms with Crippen molar-refractivity contribution in [3.8, 4) is 0 Å². The Labute approximate surface area is 74.7 Å². The van der Waals surface area contributed by atoms with Crippen molar-refractivity contribution < 1.29 is 4.74 Å². The van der Waals surface area contributed by atoms with E-state index in [9.17, 15) is 0 Å². The summed E-state index contributed by atoms with van der Waals surface area (Å²) in [4.78, 5) is 0. The molecule has 2 aliphatic rings. The molecule has 0 aromatic carbocycles. The highest BCUT2D eigenvalue weighted by atomic mass is 16.5. The normalized spacial score (nSPS) is 37.8. The molecule has 1 aliphatic carbocycles. The van der Waals surface area contributed by atoms with Crippen LogP contribution in [0.2, 0.25) is 0 Å². The van der Waals surface area contributed by atoms with Crippen molar-refractivity contribution in [1.82, 2.24) is 5.32 Å². The zero-order chi connectivity index (χ0) is 8.39. The number of ether oxygens (including phenoxy) is 1. The molecule has 2 atom stereocenters. The molecule has 2 nitrogen and oxygen atoms in total. The van der Waals surface area contributed by atoms with Crippen LogP contribution in [0.3, 0.4) is 0 Å². The Hall–Kier alpha value is -0.0800. The maximum absolute atomic E-state index is 5.73. The van der Waals surface area contributed by atoms with Crippen LogP contribution in [0, 0.1) is 5.92 Å². The predicted molar refractivity (Wildman–Crippen MR) is 49.2 cm³/mol. The monoisotopic (exact) mass is 169 g/mol. The Kier molecular flexibility index (Phi) is 2.66. The van der Waals surface area contributed by atoms with E-state index in [2.05, 4.69) is 12.2 Å². The summed E-state index contributed by atoms with van der Waals surface area (Å²) in [6.07, 6.45) is 6.12. The van der Waals surface area contributed by atoms with Gasteiger partial charge in [0.1, 0.15) is 0 Å². The lowest BCUT2D eigenvalue weighted by atomic mass is 9.81. The smallest absolute Gasteiger partial charge is 0.0703 e. The summed E-state index contributed by atoms with van der Waals surface area (Å²) >= 11 is 0. The van der Waals surface area contributed by atoms with Gasteiger partial charge in [0.05, 0.1) is 12.7 Å². The minimum Gasteiger partial charge on any atom is -0.375 e. The molecular weight excluding hydrogens is 150 g/mol. The van der Waals surface area contributed by atoms with Gasteiger partial charge in [-0.3, -0.25) is 0 Å². The molecule has 0 aromatic rings. The molecule has 2 unspecified atom stereocenters. The minimum absolute atomic E-state index is 0.506. The quantitative estimate of drug-likeness (QED) is 0.677. The first-order valence-electron chi connectivity index (χ1n) is 5.19. The summed E-state index contributed by atoms with van der Waals surface area (Å²) in [5.74, 6) is 0.977. The number of hydrogen-bond donors (Lipinski definition) is 1. The maximum Gasteiger partial charge on any atom is 0.0703 e. The third-order valence-corrected chi connectivity index (χ3v) is 3.10. The highest BCUT2D eigenvalue weighted by molar-refractivity contribution is 4.78. The van der Waals surface area contributed by atoms with Gasteiger partial charge in [0, 0.05) is 12.6 Å². The summed E-state index contributed by atoms with van der Waals surface area (Å²) in [7, 11) is 0. The van der Waals surface area contributed by atoms with Gasteiger partial charge in [0.15, 0.2) is 0 Å². The lowest BCUT2D eigenvalue weighted by Gasteiger charge is -2.33. The molecule has 2 fully saturated rings. The van der Waals surface area contributed by atoms with Crippen molar-refractivity contribution >= 4 is 0 Å². The zero-order valence-corrected chi connectivity index (χ0v) is 7.88. The van der Waals surface area contributed by atoms with E-state index in [-0.39, 0.29) is 0 Å². The topological polar surface area (TPSA) is 21.3 Å². The number of morpholine rings is 1. The SMILES string of the molecule is CC1COC(CC2CCC2)CN1. The fourth-order valence-electron chi connectivity index (χ4n) is 1.98. The summed E-state index contributed by atoms with van der Waals surface area (Å²) in [5.41, 5.74) is 0. The molecule has 0 radical (unpaired) electrons. The first kappa shape index (κ1) is 8.52. The minimum atomic E-state index is 0.506. The van der Waals surface area contributed by atoms with E-state index in [1.54, 1.807) is 0 Å². The number of nitrogens with one attached hydrogen (secondary N) is 1. The van der Waals surface area contributed by atoms with Gasteiger partial charge in [0.25, 0.3) is 0 Å². The van der Waals surface area contributed by atoms with E-state index in [0.717, 1.165) is 19.1 Å². The average molecular weight is 169 g/mol. The summed E-state index contributed by atoms with van der Waals surface area (Å²) in [6, 6.07) is 0.558. The molecular formula is C10H19NO. The Morgan fingerprint density at radius 1 is 1.42 bits per heavy atom. The Balaban J connectivity index is 1.67. The fraction of sp³-hybridized carbons (Fsp3) is 1.00. The van der Waals surface area contributed by atoms with Crippen LogP contribution in [0.4, 0.5) is 0 Å². The lowest BCUT2D eigenvalue weighted by molar-refractivity contribution is -0.0119. The Morgan fingerprint density at radius 3 is 2.75 bits per heavy atom. The van der Waals surface area contributed by atoms with Gasteiger partial charge >= 0.3 is 0 Å². The molecule has 1 saturated carbocycles. The summed E-state index contributed by atoms with van der Waals surface area (Å²) in [5, 5.41) is 3.46. The van der Waals surface area contributed by atoms with Crippen molar-refractivity contribution in [3.05, 3.63) is 0 Å². The van der Waals surface area contributed by atoms with Crippen LogP contribution in [0.25, 0.3) is 0 Å². The second kappa shape index (κ2) is 3.75. The largest absolute Gasteiger partial charge is 0.375 e. The predicted octanol–water partition coefficient (Wildman–Crippen LogP) is 1.55. The number of hydrogen-bond acceptors (Lipinski definition) is 2. The van der Waals surface area contributed by atoms with Crippen LogP contribution in [-0.4, -0.2) is 25.3 Å². The molecule has 1 aliphatic heterocycles. The van der Waals surface area contributed by atoms with E-state index >= 15 is 0 Å². The second-order valence-corrected chi connectivity index (χ2v) is 4.30. The van der Waals surface area contributed by atoms with Crippen LogP contribution < -0.4 is 5.32 Å². The second-order valence-electron chi connectivity index (χ2n) is 4.30. The number of rotatable bonds is 2.